The van der Waals surface area contributed by atoms with Gasteiger partial charge in [-0.25, -0.2) is 9.13 Å². The van der Waals surface area contributed by atoms with Gasteiger partial charge in [0.25, 0.3) is 0 Å². The molecule has 0 spiro atoms. The number of hydrogen-bond donors (Lipinski definition) is 0. The van der Waals surface area contributed by atoms with E-state index in [1.807, 2.05) is 0 Å². The maximum atomic E-state index is 13.5. The molecule has 24 heavy (non-hydrogen) atoms. The highest BCUT2D eigenvalue weighted by Crippen LogP contribution is 2.30. The molecule has 2 rings (SSSR count). The number of nitrogens with zero attached hydrogens (tertiary/aromatic N) is 2. The van der Waals surface area contributed by atoms with Gasteiger partial charge in [0, 0.05) is 0 Å². The van der Waals surface area contributed by atoms with Gasteiger partial charge < -0.3 is 0 Å². The fourth-order valence-corrected chi connectivity index (χ4v) is 3.36. The van der Waals surface area contributed by atoms with Gasteiger partial charge in [0.1, 0.15) is 0 Å². The van der Waals surface area contributed by atoms with E-state index in [0.717, 1.165) is 19.3 Å². The molecule has 0 atom stereocenters. The third-order valence-corrected chi connectivity index (χ3v) is 4.60. The van der Waals surface area contributed by atoms with Gasteiger partial charge in [-0.05, 0) is 25.0 Å². The lowest BCUT2D eigenvalue weighted by Crippen LogP contribution is -2.38. The Morgan fingerprint density at radius 1 is 0.917 bits per heavy atom. The molecular weight excluding hydrogens is 313 g/mol. The van der Waals surface area contributed by atoms with Gasteiger partial charge in [0.15, 0.2) is 11.0 Å². The van der Waals surface area contributed by atoms with Gasteiger partial charge >= 0.3 is 12.0 Å². The minimum Gasteiger partial charge on any atom is -0.222 e. The minimum absolute atomic E-state index is 0.422. The number of unbranched alkanes of at least 4 members (excludes halogenated alkanes) is 7. The predicted octanol–water partition coefficient (Wildman–Crippen LogP) is 5.63. The maximum absolute atomic E-state index is 13.5. The molecule has 0 radical (unpaired) electrons. The number of benzene rings is 1. The first-order valence-corrected chi connectivity index (χ1v) is 9.01. The number of aryl methyl sites for hydroxylation is 2. The van der Waals surface area contributed by atoms with Crippen molar-refractivity contribution in [2.24, 2.45) is 7.05 Å². The number of fused-ring (bicyclic) bond motifs is 1. The summed E-state index contributed by atoms with van der Waals surface area (Å²) in [5.41, 5.74) is 1.29. The van der Waals surface area contributed by atoms with E-state index in [1.165, 1.54) is 48.3 Å². The van der Waals surface area contributed by atoms with E-state index in [-0.39, 0.29) is 0 Å². The van der Waals surface area contributed by atoms with Crippen molar-refractivity contribution in [2.45, 2.75) is 71.0 Å². The van der Waals surface area contributed by atoms with Crippen LogP contribution in [0, 0.1) is 0 Å². The molecule has 2 nitrogen and oxygen atoms in total. The highest BCUT2D eigenvalue weighted by Gasteiger charge is 2.45. The number of halogens is 3. The molecule has 2 aromatic rings. The molecule has 1 aromatic carbocycles. The molecule has 0 saturated carbocycles. The zero-order valence-electron chi connectivity index (χ0n) is 14.7. The summed E-state index contributed by atoms with van der Waals surface area (Å²) in [5, 5.41) is 0. The Labute approximate surface area is 142 Å². The van der Waals surface area contributed by atoms with E-state index in [9.17, 15) is 13.2 Å². The largest absolute Gasteiger partial charge is 0.495 e. The molecule has 0 fully saturated rings. The molecule has 0 unspecified atom stereocenters. The number of alkyl halides is 3. The van der Waals surface area contributed by atoms with Crippen molar-refractivity contribution in [3.63, 3.8) is 0 Å². The summed E-state index contributed by atoms with van der Waals surface area (Å²) in [6, 6.07) is 7.10. The highest BCUT2D eigenvalue weighted by atomic mass is 19.4. The monoisotopic (exact) mass is 341 g/mol. The van der Waals surface area contributed by atoms with Crippen molar-refractivity contribution in [3.8, 4) is 0 Å². The van der Waals surface area contributed by atoms with E-state index >= 15 is 0 Å². The third-order valence-electron chi connectivity index (χ3n) is 4.60. The summed E-state index contributed by atoms with van der Waals surface area (Å²) in [4.78, 5) is 0. The fourth-order valence-electron chi connectivity index (χ4n) is 3.36. The molecule has 134 valence electrons. The number of para-hydroxylation sites is 2. The van der Waals surface area contributed by atoms with E-state index < -0.39 is 12.0 Å². The highest BCUT2D eigenvalue weighted by molar-refractivity contribution is 5.72. The average Bonchev–Trinajstić information content (AvgIpc) is 2.83. The number of imidazole rings is 1. The van der Waals surface area contributed by atoms with Gasteiger partial charge in [-0.15, -0.1) is 0 Å². The Kier molecular flexibility index (Phi) is 6.69. The molecule has 0 amide bonds. The molecule has 0 aliphatic carbocycles. The number of rotatable bonds is 9. The van der Waals surface area contributed by atoms with Crippen LogP contribution in [-0.4, -0.2) is 4.57 Å². The minimum atomic E-state index is -4.34. The third kappa shape index (κ3) is 4.52. The lowest BCUT2D eigenvalue weighted by atomic mass is 10.1. The van der Waals surface area contributed by atoms with Crippen LogP contribution >= 0.6 is 0 Å². The Morgan fingerprint density at radius 2 is 1.50 bits per heavy atom. The lowest BCUT2D eigenvalue weighted by molar-refractivity contribution is -0.667. The number of hydrogen-bond acceptors (Lipinski definition) is 0. The normalized spacial score (nSPS) is 12.2. The van der Waals surface area contributed by atoms with E-state index in [1.54, 1.807) is 24.3 Å². The van der Waals surface area contributed by atoms with Crippen molar-refractivity contribution >= 4 is 11.0 Å². The van der Waals surface area contributed by atoms with Gasteiger partial charge in [-0.1, -0.05) is 57.6 Å². The standard InChI is InChI=1S/C19H28F3N2/c1-3-4-5-6-7-8-9-12-15-24-17-14-11-10-13-16(17)23(2)18(24)19(20,21)22/h10-11,13-14H,3-9,12,15H2,1-2H3/q+1. The summed E-state index contributed by atoms with van der Waals surface area (Å²) in [6.07, 6.45) is 4.75. The van der Waals surface area contributed by atoms with Crippen molar-refractivity contribution in [2.75, 3.05) is 0 Å². The zero-order chi connectivity index (χ0) is 17.6. The molecule has 5 heteroatoms. The van der Waals surface area contributed by atoms with Crippen LogP contribution in [0.1, 0.15) is 64.1 Å². The molecule has 0 aliphatic heterocycles. The molecule has 0 bridgehead atoms. The molecular formula is C19H28F3N2+. The fraction of sp³-hybridized carbons (Fsp3) is 0.632. The summed E-state index contributed by atoms with van der Waals surface area (Å²) < 4.78 is 43.1. The Bertz CT molecular complexity index is 644. The zero-order valence-corrected chi connectivity index (χ0v) is 14.7. The van der Waals surface area contributed by atoms with Crippen LogP contribution in [-0.2, 0) is 19.8 Å². The van der Waals surface area contributed by atoms with Crippen molar-refractivity contribution in [1.82, 2.24) is 4.57 Å². The summed E-state index contributed by atoms with van der Waals surface area (Å²) in [6.45, 7) is 2.62. The molecule has 0 N–H and O–H groups in total. The molecule has 1 aromatic heterocycles. The molecule has 1 heterocycles. The van der Waals surface area contributed by atoms with E-state index in [2.05, 4.69) is 6.92 Å². The van der Waals surface area contributed by atoms with Crippen LogP contribution in [0.4, 0.5) is 13.2 Å². The first-order chi connectivity index (χ1) is 11.5. The summed E-state index contributed by atoms with van der Waals surface area (Å²) in [5.74, 6) is -0.563. The smallest absolute Gasteiger partial charge is 0.222 e. The average molecular weight is 341 g/mol. The van der Waals surface area contributed by atoms with Gasteiger partial charge in [-0.3, -0.25) is 0 Å². The van der Waals surface area contributed by atoms with Crippen LogP contribution in [0.15, 0.2) is 24.3 Å². The summed E-state index contributed by atoms with van der Waals surface area (Å²) in [7, 11) is 1.50. The summed E-state index contributed by atoms with van der Waals surface area (Å²) >= 11 is 0. The van der Waals surface area contributed by atoms with Crippen LogP contribution in [0.3, 0.4) is 0 Å². The molecule has 0 saturated heterocycles. The SMILES string of the molecule is CCCCCCCCCCn1c(C(F)(F)F)[n+](C)c2ccccc21. The van der Waals surface area contributed by atoms with Gasteiger partial charge in [-0.2, -0.15) is 13.2 Å². The first kappa shape index (κ1) is 18.8. The lowest BCUT2D eigenvalue weighted by Gasteiger charge is -2.06. The van der Waals surface area contributed by atoms with Crippen LogP contribution in [0.2, 0.25) is 0 Å². The Morgan fingerprint density at radius 3 is 2.12 bits per heavy atom. The molecule has 0 aliphatic rings. The topological polar surface area (TPSA) is 8.81 Å². The quantitative estimate of drug-likeness (QED) is 0.413. The number of aromatic nitrogens is 2. The van der Waals surface area contributed by atoms with Crippen LogP contribution < -0.4 is 4.57 Å². The van der Waals surface area contributed by atoms with Gasteiger partial charge in [0.2, 0.25) is 0 Å². The maximum Gasteiger partial charge on any atom is 0.495 e. The van der Waals surface area contributed by atoms with E-state index in [4.69, 9.17) is 0 Å². The van der Waals surface area contributed by atoms with Crippen molar-refractivity contribution < 1.29 is 17.7 Å². The van der Waals surface area contributed by atoms with Crippen LogP contribution in [0.5, 0.6) is 0 Å². The second kappa shape index (κ2) is 8.54. The Hall–Kier alpha value is -1.52. The van der Waals surface area contributed by atoms with Gasteiger partial charge in [0.05, 0.1) is 13.6 Å². The first-order valence-electron chi connectivity index (χ1n) is 9.01. The second-order valence-electron chi connectivity index (χ2n) is 6.50. The second-order valence-corrected chi connectivity index (χ2v) is 6.50. The van der Waals surface area contributed by atoms with Crippen LogP contribution in [0.25, 0.3) is 11.0 Å². The Balaban J connectivity index is 2.01. The predicted molar refractivity (Wildman–Crippen MR) is 90.7 cm³/mol. The van der Waals surface area contributed by atoms with E-state index in [0.29, 0.717) is 17.6 Å². The van der Waals surface area contributed by atoms with Crippen molar-refractivity contribution in [1.29, 1.82) is 0 Å². The van der Waals surface area contributed by atoms with Crippen molar-refractivity contribution in [3.05, 3.63) is 30.1 Å².